The number of para-hydroxylation sites is 8. The van der Waals surface area contributed by atoms with Crippen molar-refractivity contribution in [1.29, 1.82) is 0 Å². The number of rotatable bonds is 2. The van der Waals surface area contributed by atoms with Crippen LogP contribution in [0.15, 0.2) is 292 Å². The van der Waals surface area contributed by atoms with E-state index in [4.69, 9.17) is 0 Å². The number of hydrogen-bond donors (Lipinski definition) is 0. The summed E-state index contributed by atoms with van der Waals surface area (Å²) in [5.74, 6) is 7.14. The van der Waals surface area contributed by atoms with Crippen LogP contribution >= 0.6 is 0 Å². The molecule has 12 aromatic rings. The summed E-state index contributed by atoms with van der Waals surface area (Å²) in [4.78, 5) is 23.9. The quantitative estimate of drug-likeness (QED) is 0.156. The fourth-order valence-corrected chi connectivity index (χ4v) is 18.1. The minimum Gasteiger partial charge on any atom is -0.386 e. The van der Waals surface area contributed by atoms with E-state index in [0.717, 1.165) is 0 Å². The van der Waals surface area contributed by atoms with Gasteiger partial charge >= 0.3 is 0 Å². The van der Waals surface area contributed by atoms with Crippen LogP contribution in [0.3, 0.4) is 0 Å². The molecular formula is C92H83N10Y5-5. The average Bonchev–Trinajstić information content (AvgIpc) is 1.54. The van der Waals surface area contributed by atoms with Crippen molar-refractivity contribution in [3.05, 3.63) is 355 Å². The fourth-order valence-electron chi connectivity index (χ4n) is 18.1. The monoisotopic (exact) mass is 1770 g/mol. The van der Waals surface area contributed by atoms with Gasteiger partial charge in [-0.05, 0) is 58.3 Å². The van der Waals surface area contributed by atoms with Gasteiger partial charge in [0.05, 0.1) is 70.7 Å². The Balaban J connectivity index is 0.000000117. The Kier molecular flexibility index (Phi) is 23.6. The molecule has 10 aliphatic rings. The number of hydrogen-bond acceptors (Lipinski definition) is 10. The molecule has 5 unspecified atom stereocenters. The van der Waals surface area contributed by atoms with E-state index < -0.39 is 0 Å². The summed E-state index contributed by atoms with van der Waals surface area (Å²) in [6.07, 6.45) is 8.22. The number of fused-ring (bicyclic) bond motifs is 24. The second kappa shape index (κ2) is 32.1. The van der Waals surface area contributed by atoms with E-state index in [1.165, 1.54) is 164 Å². The molecule has 5 atom stereocenters. The van der Waals surface area contributed by atoms with Crippen LogP contribution in [0, 0.1) is 29.6 Å². The van der Waals surface area contributed by atoms with E-state index >= 15 is 0 Å². The Bertz CT molecular complexity index is 5250. The molecule has 10 aliphatic heterocycles. The van der Waals surface area contributed by atoms with Gasteiger partial charge in [-0.25, -0.2) is 0 Å². The summed E-state index contributed by atoms with van der Waals surface area (Å²) in [5, 5.41) is 5.27. The molecule has 0 bridgehead atoms. The minimum atomic E-state index is 0. The Labute approximate surface area is 758 Å². The van der Waals surface area contributed by atoms with Gasteiger partial charge in [0.25, 0.3) is 0 Å². The number of nitrogens with zero attached hydrogens (tertiary/aromatic N) is 10. The number of benzene rings is 12. The number of likely N-dealkylation sites (N-methyl/N-ethyl adjacent to an activating group) is 5. The first-order valence-electron chi connectivity index (χ1n) is 35.8. The van der Waals surface area contributed by atoms with Gasteiger partial charge in [0.1, 0.15) is 0 Å². The summed E-state index contributed by atoms with van der Waals surface area (Å²) in [6, 6.07) is 97.8. The van der Waals surface area contributed by atoms with Gasteiger partial charge in [0, 0.05) is 217 Å². The summed E-state index contributed by atoms with van der Waals surface area (Å²) >= 11 is 0. The molecule has 0 aliphatic carbocycles. The largest absolute Gasteiger partial charge is 0.386 e. The van der Waals surface area contributed by atoms with Crippen LogP contribution in [-0.2, 0) is 164 Å². The third-order valence-electron chi connectivity index (χ3n) is 22.9. The van der Waals surface area contributed by atoms with Gasteiger partial charge in [-0.3, -0.25) is 0 Å². The fraction of sp³-hybridized carbons (Fsp3) is 0.163. The van der Waals surface area contributed by atoms with Crippen molar-refractivity contribution in [3.63, 3.8) is 0 Å². The van der Waals surface area contributed by atoms with Gasteiger partial charge in [0.15, 0.2) is 0 Å². The molecule has 0 N–H and O–H groups in total. The van der Waals surface area contributed by atoms with Crippen LogP contribution in [0.4, 0.5) is 62.6 Å². The molecule has 10 nitrogen and oxygen atoms in total. The maximum atomic E-state index is 2.50. The molecule has 521 valence electrons. The topological polar surface area (TPSA) is 32.4 Å². The van der Waals surface area contributed by atoms with E-state index in [2.05, 4.69) is 410 Å². The minimum absolute atomic E-state index is 0. The Morgan fingerprint density at radius 1 is 0.252 bits per heavy atom. The molecule has 107 heavy (non-hydrogen) atoms. The van der Waals surface area contributed by atoms with Crippen molar-refractivity contribution in [2.45, 2.75) is 65.4 Å². The predicted octanol–water partition coefficient (Wildman–Crippen LogP) is 20.5. The van der Waals surface area contributed by atoms with Gasteiger partial charge in [-0.15, -0.1) is 47.8 Å². The van der Waals surface area contributed by atoms with E-state index in [-0.39, 0.29) is 164 Å². The van der Waals surface area contributed by atoms with E-state index in [0.29, 0.717) is 30.8 Å². The van der Waals surface area contributed by atoms with Gasteiger partial charge in [-0.1, -0.05) is 267 Å². The van der Waals surface area contributed by atoms with Gasteiger partial charge < -0.3 is 49.0 Å². The zero-order valence-electron chi connectivity index (χ0n) is 62.5. The van der Waals surface area contributed by atoms with Crippen LogP contribution in [0.5, 0.6) is 0 Å². The van der Waals surface area contributed by atoms with Crippen LogP contribution in [0.25, 0.3) is 38.4 Å². The summed E-state index contributed by atoms with van der Waals surface area (Å²) in [6.45, 7) is 11.2. The maximum absolute atomic E-state index is 2.50. The molecule has 0 spiro atoms. The van der Waals surface area contributed by atoms with Crippen LogP contribution in [0.1, 0.15) is 68.0 Å². The normalized spacial score (nSPS) is 18.4. The second-order valence-corrected chi connectivity index (χ2v) is 28.5. The molecule has 5 radical (unpaired) electrons. The Hall–Kier alpha value is -6.49. The summed E-state index contributed by atoms with van der Waals surface area (Å²) in [7, 11) is 10.9. The molecule has 0 saturated heterocycles. The third kappa shape index (κ3) is 13.0. The Morgan fingerprint density at radius 2 is 0.664 bits per heavy atom. The van der Waals surface area contributed by atoms with Crippen molar-refractivity contribution in [2.24, 2.45) is 0 Å². The Morgan fingerprint density at radius 3 is 1.26 bits per heavy atom. The standard InChI is InChI=1S/2C20H17N2.2C18H17N2.C16H15N2.5Y/c1-13-16-11-14-7-3-4-8-15(14)12-19(16)22-18-10-6-5-9-17(18)21(2)20(13)22;1-13-15-12-11-14-7-3-4-8-16(14)19(15)22-18-10-6-5-9-17(18)21(2)20(13)22;1-13-15-10-6-7-11-16(15)20-12-17(19(2)18(13)20)14-8-4-3-5-9-14;1-13-16-12-15(14-6-4-3-5-7-14)8-9-17(16)20-11-10-19(2)18(13)20;1-11-12-7-3-4-8-13(12)18-15-10-6-5-9-14(15)17(2)16(11)18;;;;;/h2*3-12,20H,1-2H3;2*3-12,18H,1-2H3;3-10,16H,1-2H3;;;;;/q5*-1;;;;;. The summed E-state index contributed by atoms with van der Waals surface area (Å²) < 4.78 is 0. The predicted molar refractivity (Wildman–Crippen MR) is 427 cm³/mol. The SMILES string of the molecule is C[C-]1c2cc(-c3ccccc3)ccc2N2C=CN(C)C12.C[C-]1c2cc3ccccc3cc2N2c3ccccc3N(C)C12.C[C-]1c2ccc3ccccc3c2N2c3ccccc3N(C)C12.C[C-]1c2ccccc2N2C=C(c3ccccc3)N(C)C12.C[C-]1c2ccccc2N2c3ccccc3N(C)C12.[Y].[Y].[Y].[Y].[Y]. The smallest absolute Gasteiger partial charge is 0.0720 e. The van der Waals surface area contributed by atoms with Gasteiger partial charge in [-0.2, -0.15) is 58.1 Å². The van der Waals surface area contributed by atoms with Gasteiger partial charge in [0.2, 0.25) is 0 Å². The zero-order valence-corrected chi connectivity index (χ0v) is 76.6. The van der Waals surface area contributed by atoms with Crippen LogP contribution in [0.2, 0.25) is 0 Å². The first-order chi connectivity index (χ1) is 49.8. The molecule has 0 aromatic heterocycles. The molecule has 0 amide bonds. The summed E-state index contributed by atoms with van der Waals surface area (Å²) in [5.41, 5.74) is 26.5. The third-order valence-corrected chi connectivity index (χ3v) is 22.9. The maximum Gasteiger partial charge on any atom is 0.0720 e. The number of anilines is 11. The van der Waals surface area contributed by atoms with Crippen molar-refractivity contribution < 1.29 is 164 Å². The first kappa shape index (κ1) is 78.6. The first-order valence-corrected chi connectivity index (χ1v) is 35.8. The van der Waals surface area contributed by atoms with E-state index in [1.807, 2.05) is 0 Å². The molecule has 15 heteroatoms. The molecular weight excluding hydrogens is 1690 g/mol. The van der Waals surface area contributed by atoms with E-state index in [9.17, 15) is 0 Å². The molecule has 12 aromatic carbocycles. The van der Waals surface area contributed by atoms with Crippen molar-refractivity contribution in [1.82, 2.24) is 9.80 Å². The van der Waals surface area contributed by atoms with Crippen molar-refractivity contribution in [3.8, 4) is 11.1 Å². The molecule has 0 saturated carbocycles. The van der Waals surface area contributed by atoms with E-state index in [1.54, 1.807) is 0 Å². The van der Waals surface area contributed by atoms with Crippen LogP contribution in [-0.4, -0.2) is 75.9 Å². The average molecular weight is 1770 g/mol. The second-order valence-electron chi connectivity index (χ2n) is 28.5. The van der Waals surface area contributed by atoms with Crippen molar-refractivity contribution in [2.75, 3.05) is 74.4 Å². The zero-order chi connectivity index (χ0) is 69.3. The van der Waals surface area contributed by atoms with Crippen molar-refractivity contribution >= 4 is 89.8 Å². The molecule has 0 fully saturated rings. The molecule has 10 heterocycles. The molecule has 22 rings (SSSR count). The van der Waals surface area contributed by atoms with Crippen LogP contribution < -0.4 is 39.2 Å².